The quantitative estimate of drug-likeness (QED) is 0.650. The SMILES string of the molecule is CCC(Oc1ccccc1)c1ccc(C(C2CCCCC2)N2CCNCC2)cc1. The summed E-state index contributed by atoms with van der Waals surface area (Å²) in [6.45, 7) is 6.76. The third kappa shape index (κ3) is 5.21. The molecule has 2 aliphatic rings. The highest BCUT2D eigenvalue weighted by Crippen LogP contribution is 2.39. The van der Waals surface area contributed by atoms with Crippen LogP contribution in [0.3, 0.4) is 0 Å². The summed E-state index contributed by atoms with van der Waals surface area (Å²) in [4.78, 5) is 2.74. The lowest BCUT2D eigenvalue weighted by Crippen LogP contribution is -2.47. The molecule has 2 fully saturated rings. The van der Waals surface area contributed by atoms with E-state index in [1.807, 2.05) is 30.3 Å². The van der Waals surface area contributed by atoms with Crippen LogP contribution < -0.4 is 10.1 Å². The van der Waals surface area contributed by atoms with E-state index in [-0.39, 0.29) is 6.10 Å². The molecule has 0 aromatic heterocycles. The third-order valence-electron chi connectivity index (χ3n) is 6.68. The zero-order valence-electron chi connectivity index (χ0n) is 17.9. The second-order valence-electron chi connectivity index (χ2n) is 8.62. The van der Waals surface area contributed by atoms with E-state index in [1.54, 1.807) is 0 Å². The molecule has 156 valence electrons. The Hall–Kier alpha value is -1.84. The van der Waals surface area contributed by atoms with Crippen LogP contribution in [0.4, 0.5) is 0 Å². The number of benzene rings is 2. The molecular formula is C26H36N2O. The minimum absolute atomic E-state index is 0.110. The van der Waals surface area contributed by atoms with Crippen molar-refractivity contribution in [3.05, 3.63) is 65.7 Å². The molecule has 2 aromatic carbocycles. The van der Waals surface area contributed by atoms with Crippen molar-refractivity contribution in [2.24, 2.45) is 5.92 Å². The highest BCUT2D eigenvalue weighted by molar-refractivity contribution is 5.29. The van der Waals surface area contributed by atoms with Crippen LogP contribution in [0.25, 0.3) is 0 Å². The normalized spacial score (nSPS) is 20.9. The van der Waals surface area contributed by atoms with Crippen LogP contribution in [-0.4, -0.2) is 31.1 Å². The first-order valence-corrected chi connectivity index (χ1v) is 11.6. The number of hydrogen-bond donors (Lipinski definition) is 1. The summed E-state index contributed by atoms with van der Waals surface area (Å²) in [7, 11) is 0. The highest BCUT2D eigenvalue weighted by atomic mass is 16.5. The Labute approximate surface area is 176 Å². The molecule has 1 saturated heterocycles. The molecule has 0 amide bonds. The lowest BCUT2D eigenvalue weighted by Gasteiger charge is -2.41. The van der Waals surface area contributed by atoms with Crippen molar-refractivity contribution in [3.8, 4) is 5.75 Å². The third-order valence-corrected chi connectivity index (χ3v) is 6.68. The predicted octanol–water partition coefficient (Wildman–Crippen LogP) is 5.74. The van der Waals surface area contributed by atoms with Crippen molar-refractivity contribution >= 4 is 0 Å². The van der Waals surface area contributed by atoms with Crippen LogP contribution in [0.5, 0.6) is 5.75 Å². The van der Waals surface area contributed by atoms with Crippen molar-refractivity contribution < 1.29 is 4.74 Å². The summed E-state index contributed by atoms with van der Waals surface area (Å²) >= 11 is 0. The second-order valence-corrected chi connectivity index (χ2v) is 8.62. The van der Waals surface area contributed by atoms with Crippen LogP contribution in [-0.2, 0) is 0 Å². The van der Waals surface area contributed by atoms with Gasteiger partial charge in [-0.15, -0.1) is 0 Å². The topological polar surface area (TPSA) is 24.5 Å². The largest absolute Gasteiger partial charge is 0.486 e. The molecule has 1 aliphatic carbocycles. The van der Waals surface area contributed by atoms with Gasteiger partial charge in [0, 0.05) is 32.2 Å². The van der Waals surface area contributed by atoms with E-state index < -0.39 is 0 Å². The second kappa shape index (κ2) is 10.3. The molecule has 1 aliphatic heterocycles. The van der Waals surface area contributed by atoms with E-state index in [0.717, 1.165) is 44.3 Å². The first-order valence-electron chi connectivity index (χ1n) is 11.6. The van der Waals surface area contributed by atoms with Gasteiger partial charge in [-0.25, -0.2) is 0 Å². The molecule has 2 atom stereocenters. The molecule has 1 N–H and O–H groups in total. The van der Waals surface area contributed by atoms with Crippen molar-refractivity contribution in [1.82, 2.24) is 10.2 Å². The maximum atomic E-state index is 6.26. The summed E-state index contributed by atoms with van der Waals surface area (Å²) in [6, 6.07) is 20.1. The van der Waals surface area contributed by atoms with Crippen LogP contribution in [0.1, 0.15) is 68.7 Å². The maximum absolute atomic E-state index is 6.26. The molecule has 2 unspecified atom stereocenters. The van der Waals surface area contributed by atoms with Gasteiger partial charge < -0.3 is 10.1 Å². The molecule has 0 spiro atoms. The highest BCUT2D eigenvalue weighted by Gasteiger charge is 2.31. The minimum Gasteiger partial charge on any atom is -0.486 e. The molecule has 29 heavy (non-hydrogen) atoms. The Balaban J connectivity index is 1.52. The Morgan fingerprint density at radius 1 is 0.897 bits per heavy atom. The van der Waals surface area contributed by atoms with E-state index in [2.05, 4.69) is 41.4 Å². The molecule has 1 heterocycles. The van der Waals surface area contributed by atoms with E-state index >= 15 is 0 Å². The first-order chi connectivity index (χ1) is 14.3. The maximum Gasteiger partial charge on any atom is 0.123 e. The number of ether oxygens (including phenoxy) is 1. The molecule has 1 saturated carbocycles. The number of nitrogens with one attached hydrogen (secondary N) is 1. The van der Waals surface area contributed by atoms with E-state index in [4.69, 9.17) is 4.74 Å². The molecule has 3 heteroatoms. The molecular weight excluding hydrogens is 356 g/mol. The van der Waals surface area contributed by atoms with Crippen molar-refractivity contribution in [2.45, 2.75) is 57.6 Å². The zero-order chi connectivity index (χ0) is 19.9. The van der Waals surface area contributed by atoms with Gasteiger partial charge in [-0.1, -0.05) is 68.7 Å². The summed E-state index contributed by atoms with van der Waals surface area (Å²) in [5.41, 5.74) is 2.78. The monoisotopic (exact) mass is 392 g/mol. The minimum atomic E-state index is 0.110. The van der Waals surface area contributed by atoms with Crippen molar-refractivity contribution in [1.29, 1.82) is 0 Å². The fraction of sp³-hybridized carbons (Fsp3) is 0.538. The summed E-state index contributed by atoms with van der Waals surface area (Å²) in [5.74, 6) is 1.75. The van der Waals surface area contributed by atoms with Gasteiger partial charge in [0.25, 0.3) is 0 Å². The van der Waals surface area contributed by atoms with Crippen molar-refractivity contribution in [3.63, 3.8) is 0 Å². The van der Waals surface area contributed by atoms with Gasteiger partial charge in [0.05, 0.1) is 0 Å². The zero-order valence-corrected chi connectivity index (χ0v) is 17.9. The van der Waals surface area contributed by atoms with Gasteiger partial charge in [-0.05, 0) is 48.4 Å². The summed E-state index contributed by atoms with van der Waals surface area (Å²) in [6.07, 6.45) is 8.05. The number of para-hydroxylation sites is 1. The number of hydrogen-bond acceptors (Lipinski definition) is 3. The number of rotatable bonds is 7. The standard InChI is InChI=1S/C26H36N2O/c1-2-25(29-24-11-7-4-8-12-24)21-13-15-23(16-14-21)26(22-9-5-3-6-10-22)28-19-17-27-18-20-28/h4,7-8,11-16,22,25-27H,2-3,5-6,9-10,17-20H2,1H3. The lowest BCUT2D eigenvalue weighted by molar-refractivity contribution is 0.103. The number of piperazine rings is 1. The summed E-state index contributed by atoms with van der Waals surface area (Å²) in [5, 5.41) is 3.52. The van der Waals surface area contributed by atoms with Gasteiger partial charge in [0.2, 0.25) is 0 Å². The summed E-state index contributed by atoms with van der Waals surface area (Å²) < 4.78 is 6.26. The van der Waals surface area contributed by atoms with Crippen LogP contribution in [0, 0.1) is 5.92 Å². The molecule has 3 nitrogen and oxygen atoms in total. The first kappa shape index (κ1) is 20.4. The van der Waals surface area contributed by atoms with Gasteiger partial charge in [-0.2, -0.15) is 0 Å². The molecule has 2 aromatic rings. The van der Waals surface area contributed by atoms with Crippen molar-refractivity contribution in [2.75, 3.05) is 26.2 Å². The smallest absolute Gasteiger partial charge is 0.123 e. The van der Waals surface area contributed by atoms with Crippen LogP contribution >= 0.6 is 0 Å². The van der Waals surface area contributed by atoms with Crippen LogP contribution in [0.15, 0.2) is 54.6 Å². The van der Waals surface area contributed by atoms with Gasteiger partial charge in [0.1, 0.15) is 11.9 Å². The Kier molecular flexibility index (Phi) is 7.23. The molecule has 4 rings (SSSR count). The predicted molar refractivity (Wildman–Crippen MR) is 120 cm³/mol. The number of nitrogens with zero attached hydrogens (tertiary/aromatic N) is 1. The van der Waals surface area contributed by atoms with E-state index in [1.165, 1.54) is 43.2 Å². The molecule has 0 radical (unpaired) electrons. The average molecular weight is 393 g/mol. The van der Waals surface area contributed by atoms with Crippen LogP contribution in [0.2, 0.25) is 0 Å². The Bertz CT molecular complexity index is 700. The Morgan fingerprint density at radius 3 is 2.21 bits per heavy atom. The van der Waals surface area contributed by atoms with Gasteiger partial charge in [0.15, 0.2) is 0 Å². The van der Waals surface area contributed by atoms with Gasteiger partial charge in [-0.3, -0.25) is 4.90 Å². The van der Waals surface area contributed by atoms with E-state index in [0.29, 0.717) is 6.04 Å². The fourth-order valence-corrected chi connectivity index (χ4v) is 5.15. The lowest BCUT2D eigenvalue weighted by atomic mass is 9.80. The molecule has 0 bridgehead atoms. The van der Waals surface area contributed by atoms with E-state index in [9.17, 15) is 0 Å². The van der Waals surface area contributed by atoms with Gasteiger partial charge >= 0.3 is 0 Å². The average Bonchev–Trinajstić information content (AvgIpc) is 2.80. The fourth-order valence-electron chi connectivity index (χ4n) is 5.15. The Morgan fingerprint density at radius 2 is 1.55 bits per heavy atom.